The molecule has 0 aliphatic rings. The first kappa shape index (κ1) is 9.69. The van der Waals surface area contributed by atoms with Gasteiger partial charge in [0.2, 0.25) is 0 Å². The first-order valence-electron chi connectivity index (χ1n) is 4.29. The fraction of sp³-hybridized carbons (Fsp3) is 0.400. The minimum Gasteiger partial charge on any atom is -0.323 e. The summed E-state index contributed by atoms with van der Waals surface area (Å²) >= 11 is 0. The van der Waals surface area contributed by atoms with E-state index in [1.807, 2.05) is 6.07 Å². The van der Waals surface area contributed by atoms with Crippen LogP contribution in [0.15, 0.2) is 18.6 Å². The molecule has 0 aromatic carbocycles. The standard InChI is InChI=1S/C10H13N3/c1-2-3-4-5-9(11)10-6-7-12-8-13-10/h1,6-9H,3-5,11H2. The van der Waals surface area contributed by atoms with E-state index < -0.39 is 0 Å². The van der Waals surface area contributed by atoms with Gasteiger partial charge in [-0.3, -0.25) is 0 Å². The molecule has 0 saturated carbocycles. The van der Waals surface area contributed by atoms with Crippen molar-refractivity contribution in [3.05, 3.63) is 24.3 Å². The second kappa shape index (κ2) is 5.28. The van der Waals surface area contributed by atoms with Gasteiger partial charge in [-0.25, -0.2) is 9.97 Å². The van der Waals surface area contributed by atoms with Crippen molar-refractivity contribution in [3.63, 3.8) is 0 Å². The number of hydrogen-bond donors (Lipinski definition) is 1. The molecule has 13 heavy (non-hydrogen) atoms. The molecular formula is C10H13N3. The normalized spacial score (nSPS) is 12.0. The summed E-state index contributed by atoms with van der Waals surface area (Å²) < 4.78 is 0. The molecular weight excluding hydrogens is 162 g/mol. The molecule has 2 N–H and O–H groups in total. The van der Waals surface area contributed by atoms with E-state index in [4.69, 9.17) is 12.2 Å². The van der Waals surface area contributed by atoms with Crippen molar-refractivity contribution >= 4 is 0 Å². The fourth-order valence-corrected chi connectivity index (χ4v) is 1.09. The largest absolute Gasteiger partial charge is 0.323 e. The van der Waals surface area contributed by atoms with E-state index in [-0.39, 0.29) is 6.04 Å². The lowest BCUT2D eigenvalue weighted by Gasteiger charge is -2.08. The van der Waals surface area contributed by atoms with E-state index in [1.165, 1.54) is 6.33 Å². The van der Waals surface area contributed by atoms with Crippen molar-refractivity contribution in [2.75, 3.05) is 0 Å². The highest BCUT2D eigenvalue weighted by molar-refractivity contribution is 5.03. The number of hydrogen-bond acceptors (Lipinski definition) is 3. The van der Waals surface area contributed by atoms with Crippen LogP contribution in [0.4, 0.5) is 0 Å². The molecule has 0 bridgehead atoms. The average Bonchev–Trinajstić information content (AvgIpc) is 2.19. The smallest absolute Gasteiger partial charge is 0.115 e. The lowest BCUT2D eigenvalue weighted by Crippen LogP contribution is -2.11. The van der Waals surface area contributed by atoms with Crippen molar-refractivity contribution in [1.29, 1.82) is 0 Å². The second-order valence-electron chi connectivity index (χ2n) is 2.84. The topological polar surface area (TPSA) is 51.8 Å². The van der Waals surface area contributed by atoms with E-state index >= 15 is 0 Å². The molecule has 3 heteroatoms. The van der Waals surface area contributed by atoms with Crippen LogP contribution < -0.4 is 5.73 Å². The van der Waals surface area contributed by atoms with E-state index in [0.717, 1.165) is 25.0 Å². The van der Waals surface area contributed by atoms with Gasteiger partial charge < -0.3 is 5.73 Å². The Morgan fingerprint density at radius 1 is 1.62 bits per heavy atom. The number of rotatable bonds is 4. The highest BCUT2D eigenvalue weighted by Crippen LogP contribution is 2.12. The monoisotopic (exact) mass is 175 g/mol. The van der Waals surface area contributed by atoms with Crippen LogP contribution in [0.5, 0.6) is 0 Å². The average molecular weight is 175 g/mol. The predicted octanol–water partition coefficient (Wildman–Crippen LogP) is 1.28. The number of terminal acetylenes is 1. The quantitative estimate of drug-likeness (QED) is 0.554. The fourth-order valence-electron chi connectivity index (χ4n) is 1.09. The summed E-state index contributed by atoms with van der Waals surface area (Å²) in [6.45, 7) is 0. The number of nitrogens with two attached hydrogens (primary N) is 1. The number of nitrogens with zero attached hydrogens (tertiary/aromatic N) is 2. The van der Waals surface area contributed by atoms with Gasteiger partial charge in [-0.15, -0.1) is 12.3 Å². The SMILES string of the molecule is C#CCCCC(N)c1ccncn1. The Morgan fingerprint density at radius 3 is 3.08 bits per heavy atom. The Labute approximate surface area is 78.4 Å². The first-order chi connectivity index (χ1) is 6.34. The van der Waals surface area contributed by atoms with Crippen molar-refractivity contribution in [2.24, 2.45) is 5.73 Å². The number of unbranched alkanes of at least 4 members (excludes halogenated alkanes) is 1. The van der Waals surface area contributed by atoms with Crippen LogP contribution in [0.25, 0.3) is 0 Å². The van der Waals surface area contributed by atoms with Crippen LogP contribution in [0, 0.1) is 12.3 Å². The summed E-state index contributed by atoms with van der Waals surface area (Å²) in [5, 5.41) is 0. The van der Waals surface area contributed by atoms with Crippen LogP contribution >= 0.6 is 0 Å². The summed E-state index contributed by atoms with van der Waals surface area (Å²) in [5.74, 6) is 2.59. The highest BCUT2D eigenvalue weighted by atomic mass is 14.8. The van der Waals surface area contributed by atoms with E-state index in [9.17, 15) is 0 Å². The Kier molecular flexibility index (Phi) is 3.94. The zero-order valence-electron chi connectivity index (χ0n) is 7.48. The third-order valence-electron chi connectivity index (χ3n) is 1.82. The third kappa shape index (κ3) is 3.22. The minimum atomic E-state index is -0.0173. The van der Waals surface area contributed by atoms with E-state index in [2.05, 4.69) is 15.9 Å². The minimum absolute atomic E-state index is 0.0173. The predicted molar refractivity (Wildman–Crippen MR) is 51.6 cm³/mol. The summed E-state index contributed by atoms with van der Waals surface area (Å²) in [5.41, 5.74) is 6.76. The third-order valence-corrected chi connectivity index (χ3v) is 1.82. The molecule has 1 atom stereocenters. The Morgan fingerprint density at radius 2 is 2.46 bits per heavy atom. The molecule has 1 rings (SSSR count). The molecule has 0 amide bonds. The van der Waals surface area contributed by atoms with Crippen LogP contribution in [0.1, 0.15) is 31.0 Å². The van der Waals surface area contributed by atoms with Crippen LogP contribution in [-0.4, -0.2) is 9.97 Å². The summed E-state index contributed by atoms with van der Waals surface area (Å²) in [7, 11) is 0. The molecule has 1 aromatic rings. The maximum Gasteiger partial charge on any atom is 0.115 e. The lowest BCUT2D eigenvalue weighted by molar-refractivity contribution is 0.604. The Bertz CT molecular complexity index is 276. The van der Waals surface area contributed by atoms with Gasteiger partial charge in [0.05, 0.1) is 5.69 Å². The molecule has 0 aliphatic heterocycles. The Hall–Kier alpha value is -1.40. The molecule has 68 valence electrons. The van der Waals surface area contributed by atoms with Gasteiger partial charge in [-0.05, 0) is 18.9 Å². The highest BCUT2D eigenvalue weighted by Gasteiger charge is 2.05. The zero-order valence-corrected chi connectivity index (χ0v) is 7.48. The molecule has 1 unspecified atom stereocenters. The maximum atomic E-state index is 5.88. The van der Waals surface area contributed by atoms with Crippen molar-refractivity contribution < 1.29 is 0 Å². The first-order valence-corrected chi connectivity index (χ1v) is 4.29. The Balaban J connectivity index is 2.41. The van der Waals surface area contributed by atoms with Crippen LogP contribution in [0.2, 0.25) is 0 Å². The number of aromatic nitrogens is 2. The molecule has 3 nitrogen and oxygen atoms in total. The van der Waals surface area contributed by atoms with E-state index in [0.29, 0.717) is 0 Å². The molecule has 0 spiro atoms. The van der Waals surface area contributed by atoms with Gasteiger partial charge in [-0.2, -0.15) is 0 Å². The van der Waals surface area contributed by atoms with Gasteiger partial charge in [0.1, 0.15) is 6.33 Å². The van der Waals surface area contributed by atoms with Crippen molar-refractivity contribution in [1.82, 2.24) is 9.97 Å². The lowest BCUT2D eigenvalue weighted by atomic mass is 10.1. The summed E-state index contributed by atoms with van der Waals surface area (Å²) in [6, 6.07) is 1.82. The molecule has 0 aliphatic carbocycles. The molecule has 1 aromatic heterocycles. The molecule has 0 fully saturated rings. The second-order valence-corrected chi connectivity index (χ2v) is 2.84. The maximum absolute atomic E-state index is 5.88. The summed E-state index contributed by atoms with van der Waals surface area (Å²) in [4.78, 5) is 7.89. The molecule has 1 heterocycles. The van der Waals surface area contributed by atoms with Crippen molar-refractivity contribution in [3.8, 4) is 12.3 Å². The van der Waals surface area contributed by atoms with Crippen LogP contribution in [-0.2, 0) is 0 Å². The van der Waals surface area contributed by atoms with Gasteiger partial charge >= 0.3 is 0 Å². The van der Waals surface area contributed by atoms with Gasteiger partial charge in [0, 0.05) is 18.7 Å². The zero-order chi connectivity index (χ0) is 9.52. The van der Waals surface area contributed by atoms with Gasteiger partial charge in [0.15, 0.2) is 0 Å². The molecule has 0 radical (unpaired) electrons. The van der Waals surface area contributed by atoms with Crippen molar-refractivity contribution in [2.45, 2.75) is 25.3 Å². The van der Waals surface area contributed by atoms with Gasteiger partial charge in [-0.1, -0.05) is 0 Å². The summed E-state index contributed by atoms with van der Waals surface area (Å²) in [6.07, 6.45) is 10.9. The van der Waals surface area contributed by atoms with E-state index in [1.54, 1.807) is 6.20 Å². The molecule has 0 saturated heterocycles. The van der Waals surface area contributed by atoms with Gasteiger partial charge in [0.25, 0.3) is 0 Å². The van der Waals surface area contributed by atoms with Crippen LogP contribution in [0.3, 0.4) is 0 Å².